The van der Waals surface area contributed by atoms with Crippen LogP contribution in [0.5, 0.6) is 11.5 Å². The molecule has 1 atom stereocenters. The maximum atomic E-state index is 12.7. The third-order valence-electron chi connectivity index (χ3n) is 4.03. The van der Waals surface area contributed by atoms with Gasteiger partial charge >= 0.3 is 0 Å². The molecule has 1 saturated heterocycles. The van der Waals surface area contributed by atoms with Crippen molar-refractivity contribution >= 4 is 23.2 Å². The van der Waals surface area contributed by atoms with Crippen LogP contribution in [-0.2, 0) is 9.53 Å². The summed E-state index contributed by atoms with van der Waals surface area (Å²) in [5.74, 6) is 1.10. The molecular weight excluding hydrogens is 308 g/mol. The second-order valence-electron chi connectivity index (χ2n) is 5.57. The Morgan fingerprint density at radius 3 is 2.77 bits per heavy atom. The summed E-state index contributed by atoms with van der Waals surface area (Å²) in [5.41, 5.74) is -0.0379. The number of methoxy groups -OCH3 is 1. The van der Waals surface area contributed by atoms with Crippen molar-refractivity contribution in [1.29, 1.82) is 0 Å². The molecule has 1 unspecified atom stereocenters. The fourth-order valence-electron chi connectivity index (χ4n) is 2.82. The number of rotatable bonds is 4. The average Bonchev–Trinajstić information content (AvgIpc) is 2.98. The first-order chi connectivity index (χ1) is 10.6. The molecule has 0 bridgehead atoms. The molecule has 2 N–H and O–H groups in total. The minimum Gasteiger partial charge on any atom is -0.486 e. The predicted octanol–water partition coefficient (Wildman–Crippen LogP) is 1.68. The van der Waals surface area contributed by atoms with Crippen LogP contribution in [0.2, 0.25) is 5.02 Å². The van der Waals surface area contributed by atoms with E-state index in [1.165, 1.54) is 0 Å². The van der Waals surface area contributed by atoms with Crippen molar-refractivity contribution in [3.05, 3.63) is 17.2 Å². The average molecular weight is 327 g/mol. The molecule has 2 heterocycles. The van der Waals surface area contributed by atoms with Crippen molar-refractivity contribution in [3.8, 4) is 11.5 Å². The normalized spacial score (nSPS) is 23.4. The SMILES string of the molecule is COCC1(C(=O)Nc2cc3c(cc2Cl)OCCO3)CCNC1. The lowest BCUT2D eigenvalue weighted by atomic mass is 9.87. The van der Waals surface area contributed by atoms with Gasteiger partial charge in [-0.2, -0.15) is 0 Å². The van der Waals surface area contributed by atoms with E-state index < -0.39 is 5.41 Å². The molecule has 1 fully saturated rings. The van der Waals surface area contributed by atoms with Gasteiger partial charge in [-0.3, -0.25) is 4.79 Å². The Kier molecular flexibility index (Phi) is 4.42. The van der Waals surface area contributed by atoms with Gasteiger partial charge < -0.3 is 24.8 Å². The van der Waals surface area contributed by atoms with Crippen LogP contribution in [0.1, 0.15) is 6.42 Å². The van der Waals surface area contributed by atoms with Crippen LogP contribution in [-0.4, -0.2) is 45.9 Å². The van der Waals surface area contributed by atoms with Crippen molar-refractivity contribution in [3.63, 3.8) is 0 Å². The van der Waals surface area contributed by atoms with E-state index in [1.807, 2.05) is 0 Å². The highest BCUT2D eigenvalue weighted by Crippen LogP contribution is 2.39. The van der Waals surface area contributed by atoms with E-state index >= 15 is 0 Å². The van der Waals surface area contributed by atoms with E-state index in [0.29, 0.717) is 48.6 Å². The molecule has 6 nitrogen and oxygen atoms in total. The number of hydrogen-bond donors (Lipinski definition) is 2. The Balaban J connectivity index is 1.81. The first-order valence-electron chi connectivity index (χ1n) is 7.25. The number of carbonyl (C=O) groups is 1. The van der Waals surface area contributed by atoms with Gasteiger partial charge in [0.1, 0.15) is 13.2 Å². The van der Waals surface area contributed by atoms with E-state index in [-0.39, 0.29) is 5.91 Å². The maximum absolute atomic E-state index is 12.7. The van der Waals surface area contributed by atoms with Crippen molar-refractivity contribution in [2.24, 2.45) is 5.41 Å². The highest BCUT2D eigenvalue weighted by molar-refractivity contribution is 6.34. The first-order valence-corrected chi connectivity index (χ1v) is 7.63. The van der Waals surface area contributed by atoms with Gasteiger partial charge in [0.15, 0.2) is 11.5 Å². The standard InChI is InChI=1S/C15H19ClN2O4/c1-20-9-15(2-3-17-8-15)14(19)18-11-7-13-12(6-10(11)16)21-4-5-22-13/h6-7,17H,2-5,8-9H2,1H3,(H,18,19). The van der Waals surface area contributed by atoms with Crippen LogP contribution in [0.4, 0.5) is 5.69 Å². The largest absolute Gasteiger partial charge is 0.486 e. The Morgan fingerprint density at radius 2 is 2.14 bits per heavy atom. The zero-order valence-corrected chi connectivity index (χ0v) is 13.2. The summed E-state index contributed by atoms with van der Waals surface area (Å²) < 4.78 is 16.2. The maximum Gasteiger partial charge on any atom is 0.234 e. The van der Waals surface area contributed by atoms with E-state index in [2.05, 4.69) is 10.6 Å². The number of amides is 1. The highest BCUT2D eigenvalue weighted by atomic mass is 35.5. The van der Waals surface area contributed by atoms with E-state index in [0.717, 1.165) is 13.0 Å². The summed E-state index contributed by atoms with van der Waals surface area (Å²) in [6.45, 7) is 2.74. The first kappa shape index (κ1) is 15.4. The predicted molar refractivity (Wildman–Crippen MR) is 82.9 cm³/mol. The number of carbonyl (C=O) groups excluding carboxylic acids is 1. The number of fused-ring (bicyclic) bond motifs is 1. The number of anilines is 1. The molecule has 22 heavy (non-hydrogen) atoms. The second-order valence-corrected chi connectivity index (χ2v) is 5.98. The number of hydrogen-bond acceptors (Lipinski definition) is 5. The topological polar surface area (TPSA) is 68.8 Å². The Hall–Kier alpha value is -1.50. The quantitative estimate of drug-likeness (QED) is 0.881. The molecule has 1 amide bonds. The summed E-state index contributed by atoms with van der Waals surface area (Å²) in [4.78, 5) is 12.7. The molecule has 1 aromatic rings. The minimum atomic E-state index is -0.564. The van der Waals surface area contributed by atoms with Crippen LogP contribution in [0.3, 0.4) is 0 Å². The van der Waals surface area contributed by atoms with Crippen molar-refractivity contribution in [1.82, 2.24) is 5.32 Å². The van der Waals surface area contributed by atoms with Gasteiger partial charge in [-0.25, -0.2) is 0 Å². The highest BCUT2D eigenvalue weighted by Gasteiger charge is 2.41. The van der Waals surface area contributed by atoms with E-state index in [4.69, 9.17) is 25.8 Å². The Bertz CT molecular complexity index is 573. The van der Waals surface area contributed by atoms with Crippen LogP contribution in [0.15, 0.2) is 12.1 Å². The van der Waals surface area contributed by atoms with Gasteiger partial charge in [0.05, 0.1) is 22.7 Å². The summed E-state index contributed by atoms with van der Waals surface area (Å²) in [5, 5.41) is 6.54. The van der Waals surface area contributed by atoms with Gasteiger partial charge in [-0.1, -0.05) is 11.6 Å². The Labute approximate surface area is 134 Å². The lowest BCUT2D eigenvalue weighted by molar-refractivity contribution is -0.127. The molecule has 7 heteroatoms. The number of ether oxygens (including phenoxy) is 3. The third kappa shape index (κ3) is 2.86. The minimum absolute atomic E-state index is 0.0991. The van der Waals surface area contributed by atoms with Crippen LogP contribution in [0.25, 0.3) is 0 Å². The molecule has 0 aromatic heterocycles. The van der Waals surface area contributed by atoms with Crippen molar-refractivity contribution < 1.29 is 19.0 Å². The fourth-order valence-corrected chi connectivity index (χ4v) is 3.02. The lowest BCUT2D eigenvalue weighted by Crippen LogP contribution is -2.41. The molecule has 1 aromatic carbocycles. The van der Waals surface area contributed by atoms with E-state index in [1.54, 1.807) is 19.2 Å². The molecule has 120 valence electrons. The number of benzene rings is 1. The van der Waals surface area contributed by atoms with Crippen molar-refractivity contribution in [2.45, 2.75) is 6.42 Å². The zero-order valence-electron chi connectivity index (χ0n) is 12.4. The third-order valence-corrected chi connectivity index (χ3v) is 4.34. The Morgan fingerprint density at radius 1 is 1.41 bits per heavy atom. The van der Waals surface area contributed by atoms with Gasteiger partial charge in [0.2, 0.25) is 5.91 Å². The fraction of sp³-hybridized carbons (Fsp3) is 0.533. The molecule has 3 rings (SSSR count). The van der Waals surface area contributed by atoms with Gasteiger partial charge in [0.25, 0.3) is 0 Å². The number of nitrogens with one attached hydrogen (secondary N) is 2. The summed E-state index contributed by atoms with van der Waals surface area (Å²) >= 11 is 6.24. The van der Waals surface area contributed by atoms with Crippen molar-refractivity contribution in [2.75, 3.05) is 45.3 Å². The molecule has 0 spiro atoms. The molecular formula is C15H19ClN2O4. The monoisotopic (exact) mass is 326 g/mol. The van der Waals surface area contributed by atoms with Crippen LogP contribution >= 0.6 is 11.6 Å². The summed E-state index contributed by atoms with van der Waals surface area (Å²) in [6.07, 6.45) is 0.731. The van der Waals surface area contributed by atoms with Gasteiger partial charge in [-0.05, 0) is 13.0 Å². The zero-order chi connectivity index (χ0) is 15.6. The summed E-state index contributed by atoms with van der Waals surface area (Å²) in [7, 11) is 1.60. The molecule has 0 saturated carbocycles. The smallest absolute Gasteiger partial charge is 0.234 e. The van der Waals surface area contributed by atoms with Crippen LogP contribution in [0, 0.1) is 5.41 Å². The molecule has 2 aliphatic rings. The number of halogens is 1. The molecule has 0 radical (unpaired) electrons. The van der Waals surface area contributed by atoms with Gasteiger partial charge in [0, 0.05) is 25.8 Å². The van der Waals surface area contributed by atoms with E-state index in [9.17, 15) is 4.79 Å². The lowest BCUT2D eigenvalue weighted by Gasteiger charge is -2.27. The second kappa shape index (κ2) is 6.32. The van der Waals surface area contributed by atoms with Crippen LogP contribution < -0.4 is 20.1 Å². The molecule has 2 aliphatic heterocycles. The summed E-state index contributed by atoms with van der Waals surface area (Å²) in [6, 6.07) is 3.37. The molecule has 0 aliphatic carbocycles. The van der Waals surface area contributed by atoms with Gasteiger partial charge in [-0.15, -0.1) is 0 Å².